The first-order valence-electron chi connectivity index (χ1n) is 17.3. The first kappa shape index (κ1) is 31.5. The van der Waals surface area contributed by atoms with Gasteiger partial charge in [0.25, 0.3) is 0 Å². The lowest BCUT2D eigenvalue weighted by molar-refractivity contribution is 1.28. The lowest BCUT2D eigenvalue weighted by Crippen LogP contribution is -2.09. The van der Waals surface area contributed by atoms with Gasteiger partial charge in [-0.2, -0.15) is 0 Å². The molecule has 0 amide bonds. The van der Waals surface area contributed by atoms with Gasteiger partial charge >= 0.3 is 0 Å². The molecule has 0 fully saturated rings. The molecule has 0 spiro atoms. The summed E-state index contributed by atoms with van der Waals surface area (Å²) in [7, 11) is 0. The molecule has 1 heterocycles. The van der Waals surface area contributed by atoms with Crippen LogP contribution in [0.2, 0.25) is 0 Å². The molecule has 51 heavy (non-hydrogen) atoms. The number of benzene rings is 7. The van der Waals surface area contributed by atoms with Gasteiger partial charge < -0.3 is 4.90 Å². The number of nitrogens with zero attached hydrogens (tertiary/aromatic N) is 2. The highest BCUT2D eigenvalue weighted by molar-refractivity contribution is 6.04. The Hall–Kier alpha value is -6.77. The average molecular weight is 653 g/mol. The molecule has 0 bridgehead atoms. The second kappa shape index (κ2) is 14.8. The maximum Gasteiger partial charge on any atom is 0.0702 e. The van der Waals surface area contributed by atoms with Crippen LogP contribution in [0.5, 0.6) is 0 Å². The highest BCUT2D eigenvalue weighted by Gasteiger charge is 2.17. The maximum absolute atomic E-state index is 4.91. The van der Waals surface area contributed by atoms with E-state index in [1.54, 1.807) is 0 Å². The van der Waals surface area contributed by atoms with Crippen molar-refractivity contribution >= 4 is 28.2 Å². The van der Waals surface area contributed by atoms with E-state index in [-0.39, 0.29) is 0 Å². The van der Waals surface area contributed by atoms with Crippen LogP contribution in [-0.4, -0.2) is 4.98 Å². The van der Waals surface area contributed by atoms with Crippen molar-refractivity contribution in [1.29, 1.82) is 0 Å². The molecule has 0 aliphatic heterocycles. The highest BCUT2D eigenvalue weighted by Crippen LogP contribution is 2.38. The number of rotatable bonds is 9. The average Bonchev–Trinajstić information content (AvgIpc) is 3.22. The van der Waals surface area contributed by atoms with Crippen LogP contribution < -0.4 is 4.90 Å². The van der Waals surface area contributed by atoms with Gasteiger partial charge in [0.05, 0.1) is 5.69 Å². The summed E-state index contributed by atoms with van der Waals surface area (Å²) >= 11 is 0. The van der Waals surface area contributed by atoms with Crippen molar-refractivity contribution in [2.45, 2.75) is 0 Å². The molecule has 242 valence electrons. The van der Waals surface area contributed by atoms with E-state index in [0.717, 1.165) is 45.0 Å². The summed E-state index contributed by atoms with van der Waals surface area (Å²) in [6.07, 6.45) is 1.98. The lowest BCUT2D eigenvalue weighted by Gasteiger charge is -2.25. The van der Waals surface area contributed by atoms with E-state index in [2.05, 4.69) is 205 Å². The second-order valence-corrected chi connectivity index (χ2v) is 12.4. The van der Waals surface area contributed by atoms with Crippen LogP contribution in [0.15, 0.2) is 219 Å². The van der Waals surface area contributed by atoms with Crippen LogP contribution >= 0.6 is 0 Å². The molecule has 0 aliphatic carbocycles. The third kappa shape index (κ3) is 6.90. The van der Waals surface area contributed by atoms with Crippen molar-refractivity contribution in [2.75, 3.05) is 4.90 Å². The fourth-order valence-electron chi connectivity index (χ4n) is 6.67. The Morgan fingerprint density at radius 1 is 0.294 bits per heavy atom. The minimum Gasteiger partial charge on any atom is -0.311 e. The predicted molar refractivity (Wildman–Crippen MR) is 214 cm³/mol. The van der Waals surface area contributed by atoms with Gasteiger partial charge in [0.15, 0.2) is 0 Å². The van der Waals surface area contributed by atoms with Crippen molar-refractivity contribution in [3.8, 4) is 22.4 Å². The monoisotopic (exact) mass is 652 g/mol. The van der Waals surface area contributed by atoms with Crippen molar-refractivity contribution in [3.05, 3.63) is 241 Å². The van der Waals surface area contributed by atoms with E-state index >= 15 is 0 Å². The molecule has 0 unspecified atom stereocenters. The maximum atomic E-state index is 4.91. The quantitative estimate of drug-likeness (QED) is 0.144. The van der Waals surface area contributed by atoms with Crippen molar-refractivity contribution < 1.29 is 0 Å². The molecule has 0 aliphatic rings. The fourth-order valence-corrected chi connectivity index (χ4v) is 6.67. The van der Waals surface area contributed by atoms with Crippen molar-refractivity contribution in [3.63, 3.8) is 0 Å². The number of para-hydroxylation sites is 2. The molecular formula is C49H36N2. The Labute approximate surface area is 300 Å². The number of anilines is 3. The van der Waals surface area contributed by atoms with Gasteiger partial charge in [0.1, 0.15) is 0 Å². The molecule has 0 saturated heterocycles. The third-order valence-corrected chi connectivity index (χ3v) is 9.16. The van der Waals surface area contributed by atoms with Gasteiger partial charge in [-0.25, -0.2) is 0 Å². The normalized spacial score (nSPS) is 10.7. The zero-order chi connectivity index (χ0) is 34.2. The summed E-state index contributed by atoms with van der Waals surface area (Å²) in [4.78, 5) is 7.17. The number of pyridine rings is 1. The topological polar surface area (TPSA) is 16.1 Å². The zero-order valence-electron chi connectivity index (χ0n) is 28.2. The van der Waals surface area contributed by atoms with Crippen LogP contribution in [0.3, 0.4) is 0 Å². The van der Waals surface area contributed by atoms with Crippen molar-refractivity contribution in [1.82, 2.24) is 4.98 Å². The van der Waals surface area contributed by atoms with E-state index in [1.807, 2.05) is 18.3 Å². The SMILES string of the molecule is c1ccc(C(=C(c2ccccc2)c2ccc(-c3ccc(-c4ccc(N(c5ccccc5)c5ccccc5)cc4)nc3)cc2)c2ccccc2)cc1. The fraction of sp³-hybridized carbons (Fsp3) is 0. The van der Waals surface area contributed by atoms with Gasteiger partial charge in [-0.05, 0) is 81.4 Å². The minimum atomic E-state index is 0.942. The lowest BCUT2D eigenvalue weighted by atomic mass is 9.85. The summed E-state index contributed by atoms with van der Waals surface area (Å²) in [6, 6.07) is 74.8. The van der Waals surface area contributed by atoms with E-state index in [4.69, 9.17) is 4.98 Å². The van der Waals surface area contributed by atoms with Crippen LogP contribution in [0, 0.1) is 0 Å². The molecule has 7 aromatic carbocycles. The summed E-state index contributed by atoms with van der Waals surface area (Å²) in [5.41, 5.74) is 14.7. The standard InChI is InChI=1S/C49H36N2/c1-6-16-39(17-7-1)48(40-18-8-2-9-19-40)49(41-20-10-3-11-21-41)42-28-26-37(27-29-42)43-32-35-47(50-36-43)38-30-33-46(34-31-38)51(44-22-12-4-13-23-44)45-24-14-5-15-25-45/h1-36H. The van der Waals surface area contributed by atoms with Crippen LogP contribution in [0.25, 0.3) is 33.5 Å². The molecule has 8 rings (SSSR count). The molecule has 0 N–H and O–H groups in total. The van der Waals surface area contributed by atoms with Gasteiger partial charge in [0.2, 0.25) is 0 Å². The van der Waals surface area contributed by atoms with Gasteiger partial charge in [0, 0.05) is 34.4 Å². The van der Waals surface area contributed by atoms with Crippen LogP contribution in [0.1, 0.15) is 22.3 Å². The summed E-state index contributed by atoms with van der Waals surface area (Å²) < 4.78 is 0. The Morgan fingerprint density at radius 2 is 0.647 bits per heavy atom. The van der Waals surface area contributed by atoms with E-state index in [9.17, 15) is 0 Å². The van der Waals surface area contributed by atoms with Crippen LogP contribution in [0.4, 0.5) is 17.1 Å². The molecule has 0 atom stereocenters. The van der Waals surface area contributed by atoms with E-state index < -0.39 is 0 Å². The molecule has 0 radical (unpaired) electrons. The molecule has 1 aromatic heterocycles. The Kier molecular flexibility index (Phi) is 9.13. The summed E-state index contributed by atoms with van der Waals surface area (Å²) in [5, 5.41) is 0. The molecule has 0 saturated carbocycles. The first-order chi connectivity index (χ1) is 25.3. The Balaban J connectivity index is 1.10. The van der Waals surface area contributed by atoms with Gasteiger partial charge in [-0.1, -0.05) is 170 Å². The smallest absolute Gasteiger partial charge is 0.0702 e. The Morgan fingerprint density at radius 3 is 1.06 bits per heavy atom. The first-order valence-corrected chi connectivity index (χ1v) is 17.3. The number of hydrogen-bond acceptors (Lipinski definition) is 2. The zero-order valence-corrected chi connectivity index (χ0v) is 28.2. The summed E-state index contributed by atoms with van der Waals surface area (Å²) in [5.74, 6) is 0. The largest absolute Gasteiger partial charge is 0.311 e. The predicted octanol–water partition coefficient (Wildman–Crippen LogP) is 12.9. The second-order valence-electron chi connectivity index (χ2n) is 12.4. The van der Waals surface area contributed by atoms with E-state index in [0.29, 0.717) is 0 Å². The van der Waals surface area contributed by atoms with Crippen molar-refractivity contribution in [2.24, 2.45) is 0 Å². The number of hydrogen-bond donors (Lipinski definition) is 0. The minimum absolute atomic E-state index is 0.942. The third-order valence-electron chi connectivity index (χ3n) is 9.16. The molecule has 8 aromatic rings. The van der Waals surface area contributed by atoms with Gasteiger partial charge in [-0.3, -0.25) is 4.98 Å². The van der Waals surface area contributed by atoms with E-state index in [1.165, 1.54) is 27.8 Å². The molecular weight excluding hydrogens is 617 g/mol. The molecule has 2 heteroatoms. The molecule has 2 nitrogen and oxygen atoms in total. The Bertz CT molecular complexity index is 2250. The number of aromatic nitrogens is 1. The van der Waals surface area contributed by atoms with Crippen LogP contribution in [-0.2, 0) is 0 Å². The highest BCUT2D eigenvalue weighted by atomic mass is 15.1. The summed E-state index contributed by atoms with van der Waals surface area (Å²) in [6.45, 7) is 0. The van der Waals surface area contributed by atoms with Gasteiger partial charge in [-0.15, -0.1) is 0 Å².